The van der Waals surface area contributed by atoms with Gasteiger partial charge in [0.05, 0.1) is 0 Å². The Balaban J connectivity index is 1.92. The van der Waals surface area contributed by atoms with Crippen LogP contribution in [0.25, 0.3) is 0 Å². The Labute approximate surface area is 121 Å². The van der Waals surface area contributed by atoms with Crippen LogP contribution in [0.5, 0.6) is 5.75 Å². The number of hydrogen-bond acceptors (Lipinski definition) is 2. The summed E-state index contributed by atoms with van der Waals surface area (Å²) in [6, 6.07) is 10.9. The number of anilines is 1. The molecule has 2 rings (SSSR count). The van der Waals surface area contributed by atoms with Crippen molar-refractivity contribution < 1.29 is 13.9 Å². The van der Waals surface area contributed by atoms with Crippen LogP contribution in [0.15, 0.2) is 42.5 Å². The van der Waals surface area contributed by atoms with Gasteiger partial charge in [0.1, 0.15) is 11.6 Å². The Morgan fingerprint density at radius 2 is 1.95 bits per heavy atom. The van der Waals surface area contributed by atoms with Gasteiger partial charge in [-0.3, -0.25) is 4.79 Å². The normalized spacial score (nSPS) is 10.2. The highest BCUT2D eigenvalue weighted by atomic mass is 35.5. The molecule has 3 nitrogen and oxygen atoms in total. The van der Waals surface area contributed by atoms with Crippen molar-refractivity contribution in [2.75, 3.05) is 11.9 Å². The highest BCUT2D eigenvalue weighted by Gasteiger charge is 2.06. The molecule has 1 N–H and O–H groups in total. The fourth-order valence-corrected chi connectivity index (χ4v) is 1.73. The summed E-state index contributed by atoms with van der Waals surface area (Å²) in [5, 5.41) is 3.25. The lowest BCUT2D eigenvalue weighted by atomic mass is 10.2. The van der Waals surface area contributed by atoms with Crippen LogP contribution in [-0.2, 0) is 4.79 Å². The summed E-state index contributed by atoms with van der Waals surface area (Å²) in [4.78, 5) is 11.7. The lowest BCUT2D eigenvalue weighted by Gasteiger charge is -2.09. The van der Waals surface area contributed by atoms with Gasteiger partial charge in [0, 0.05) is 16.8 Å². The van der Waals surface area contributed by atoms with Crippen molar-refractivity contribution in [3.05, 3.63) is 58.9 Å². The van der Waals surface area contributed by atoms with Crippen molar-refractivity contribution >= 4 is 23.2 Å². The number of carbonyl (C=O) groups excluding carboxylic acids is 1. The van der Waals surface area contributed by atoms with E-state index in [9.17, 15) is 9.18 Å². The van der Waals surface area contributed by atoms with E-state index in [0.717, 1.165) is 5.56 Å². The summed E-state index contributed by atoms with van der Waals surface area (Å²) in [7, 11) is 0. The molecule has 0 radical (unpaired) electrons. The standard InChI is InChI=1S/C15H13ClFNO2/c1-10-2-5-12(17)8-14(10)20-9-15(19)18-13-6-3-11(16)4-7-13/h2-8H,9H2,1H3,(H,18,19). The first-order chi connectivity index (χ1) is 9.54. The van der Waals surface area contributed by atoms with Gasteiger partial charge in [-0.2, -0.15) is 0 Å². The smallest absolute Gasteiger partial charge is 0.262 e. The van der Waals surface area contributed by atoms with E-state index in [1.54, 1.807) is 37.3 Å². The number of nitrogens with one attached hydrogen (secondary N) is 1. The zero-order valence-electron chi connectivity index (χ0n) is 10.8. The highest BCUT2D eigenvalue weighted by molar-refractivity contribution is 6.30. The predicted octanol–water partition coefficient (Wildman–Crippen LogP) is 3.81. The Kier molecular flexibility index (Phi) is 4.58. The molecule has 0 aliphatic rings. The van der Waals surface area contributed by atoms with E-state index in [2.05, 4.69) is 5.32 Å². The van der Waals surface area contributed by atoms with Crippen molar-refractivity contribution in [3.63, 3.8) is 0 Å². The molecule has 0 saturated carbocycles. The van der Waals surface area contributed by atoms with Crippen molar-refractivity contribution in [3.8, 4) is 5.75 Å². The summed E-state index contributed by atoms with van der Waals surface area (Å²) in [5.41, 5.74) is 1.39. The van der Waals surface area contributed by atoms with Gasteiger partial charge in [-0.1, -0.05) is 17.7 Å². The lowest BCUT2D eigenvalue weighted by molar-refractivity contribution is -0.118. The molecule has 0 atom stereocenters. The summed E-state index contributed by atoms with van der Waals surface area (Å²) in [5.74, 6) is -0.365. The number of hydrogen-bond donors (Lipinski definition) is 1. The van der Waals surface area contributed by atoms with Crippen LogP contribution in [0.1, 0.15) is 5.56 Å². The van der Waals surface area contributed by atoms with Crippen LogP contribution < -0.4 is 10.1 Å². The Morgan fingerprint density at radius 3 is 2.65 bits per heavy atom. The summed E-state index contributed by atoms with van der Waals surface area (Å²) >= 11 is 5.75. The monoisotopic (exact) mass is 293 g/mol. The average molecular weight is 294 g/mol. The maximum atomic E-state index is 13.1. The van der Waals surface area contributed by atoms with Gasteiger partial charge in [-0.15, -0.1) is 0 Å². The van der Waals surface area contributed by atoms with Crippen LogP contribution in [-0.4, -0.2) is 12.5 Å². The molecular formula is C15H13ClFNO2. The maximum Gasteiger partial charge on any atom is 0.262 e. The summed E-state index contributed by atoms with van der Waals surface area (Å²) in [6.07, 6.45) is 0. The number of ether oxygens (including phenoxy) is 1. The predicted molar refractivity (Wildman–Crippen MR) is 76.7 cm³/mol. The Hall–Kier alpha value is -2.07. The number of carbonyl (C=O) groups is 1. The second-order valence-corrected chi connectivity index (χ2v) is 4.69. The number of rotatable bonds is 4. The maximum absolute atomic E-state index is 13.1. The van der Waals surface area contributed by atoms with Gasteiger partial charge in [-0.05, 0) is 42.8 Å². The fraction of sp³-hybridized carbons (Fsp3) is 0.133. The van der Waals surface area contributed by atoms with E-state index in [-0.39, 0.29) is 12.5 Å². The summed E-state index contributed by atoms with van der Waals surface area (Å²) < 4.78 is 18.4. The molecule has 1 amide bonds. The van der Waals surface area contributed by atoms with Crippen LogP contribution in [0.2, 0.25) is 5.02 Å². The largest absolute Gasteiger partial charge is 0.483 e. The third kappa shape index (κ3) is 3.96. The van der Waals surface area contributed by atoms with Crippen molar-refractivity contribution in [2.24, 2.45) is 0 Å². The molecule has 5 heteroatoms. The van der Waals surface area contributed by atoms with Crippen LogP contribution in [0.4, 0.5) is 10.1 Å². The van der Waals surface area contributed by atoms with Gasteiger partial charge in [0.15, 0.2) is 6.61 Å². The Morgan fingerprint density at radius 1 is 1.25 bits per heavy atom. The molecule has 0 fully saturated rings. The second kappa shape index (κ2) is 6.39. The third-order valence-corrected chi connectivity index (χ3v) is 2.89. The van der Waals surface area contributed by atoms with E-state index in [4.69, 9.17) is 16.3 Å². The molecule has 0 spiro atoms. The minimum atomic E-state index is -0.399. The molecule has 0 bridgehead atoms. The molecule has 0 heterocycles. The molecule has 2 aromatic rings. The second-order valence-electron chi connectivity index (χ2n) is 4.25. The molecule has 104 valence electrons. The van der Waals surface area contributed by atoms with Crippen LogP contribution >= 0.6 is 11.6 Å². The van der Waals surface area contributed by atoms with Crippen LogP contribution in [0, 0.1) is 12.7 Å². The molecule has 0 aromatic heterocycles. The lowest BCUT2D eigenvalue weighted by Crippen LogP contribution is -2.20. The average Bonchev–Trinajstić information content (AvgIpc) is 2.42. The van der Waals surface area contributed by atoms with Crippen molar-refractivity contribution in [1.82, 2.24) is 0 Å². The van der Waals surface area contributed by atoms with E-state index >= 15 is 0 Å². The SMILES string of the molecule is Cc1ccc(F)cc1OCC(=O)Nc1ccc(Cl)cc1. The van der Waals surface area contributed by atoms with Gasteiger partial charge in [0.2, 0.25) is 0 Å². The molecule has 2 aromatic carbocycles. The van der Waals surface area contributed by atoms with Gasteiger partial charge < -0.3 is 10.1 Å². The number of halogens is 2. The molecular weight excluding hydrogens is 281 g/mol. The van der Waals surface area contributed by atoms with Gasteiger partial charge in [0.25, 0.3) is 5.91 Å². The molecule has 0 unspecified atom stereocenters. The van der Waals surface area contributed by atoms with E-state index in [1.807, 2.05) is 0 Å². The number of benzene rings is 2. The highest BCUT2D eigenvalue weighted by Crippen LogP contribution is 2.19. The zero-order chi connectivity index (χ0) is 14.5. The fourth-order valence-electron chi connectivity index (χ4n) is 1.60. The number of aryl methyl sites for hydroxylation is 1. The minimum absolute atomic E-state index is 0.188. The first-order valence-corrected chi connectivity index (χ1v) is 6.37. The minimum Gasteiger partial charge on any atom is -0.483 e. The third-order valence-electron chi connectivity index (χ3n) is 2.64. The number of amides is 1. The van der Waals surface area contributed by atoms with E-state index < -0.39 is 5.82 Å². The first kappa shape index (κ1) is 14.3. The van der Waals surface area contributed by atoms with Gasteiger partial charge in [-0.25, -0.2) is 4.39 Å². The Bertz CT molecular complexity index is 614. The molecule has 0 aliphatic carbocycles. The summed E-state index contributed by atoms with van der Waals surface area (Å²) in [6.45, 7) is 1.60. The van der Waals surface area contributed by atoms with Crippen LogP contribution in [0.3, 0.4) is 0 Å². The first-order valence-electron chi connectivity index (χ1n) is 5.99. The van der Waals surface area contributed by atoms with E-state index in [0.29, 0.717) is 16.5 Å². The molecule has 20 heavy (non-hydrogen) atoms. The van der Waals surface area contributed by atoms with Gasteiger partial charge >= 0.3 is 0 Å². The topological polar surface area (TPSA) is 38.3 Å². The molecule has 0 aliphatic heterocycles. The molecule has 0 saturated heterocycles. The van der Waals surface area contributed by atoms with Crippen molar-refractivity contribution in [2.45, 2.75) is 6.92 Å². The van der Waals surface area contributed by atoms with Crippen molar-refractivity contribution in [1.29, 1.82) is 0 Å². The quantitative estimate of drug-likeness (QED) is 0.931. The van der Waals surface area contributed by atoms with E-state index in [1.165, 1.54) is 12.1 Å². The zero-order valence-corrected chi connectivity index (χ0v) is 11.6.